The number of carbonyl (C=O) groups excluding carboxylic acids is 2. The predicted molar refractivity (Wildman–Crippen MR) is 73.5 cm³/mol. The summed E-state index contributed by atoms with van der Waals surface area (Å²) in [6.07, 6.45) is 2.26. The highest BCUT2D eigenvalue weighted by atomic mass is 16.6. The molecule has 2 rings (SSSR count). The van der Waals surface area contributed by atoms with Gasteiger partial charge in [0.15, 0.2) is 0 Å². The van der Waals surface area contributed by atoms with Crippen LogP contribution < -0.4 is 11.5 Å². The van der Waals surface area contributed by atoms with E-state index in [1.54, 1.807) is 11.8 Å². The Morgan fingerprint density at radius 3 is 2.95 bits per heavy atom. The summed E-state index contributed by atoms with van der Waals surface area (Å²) in [5.74, 6) is -0.762. The molecule has 2 fully saturated rings. The highest BCUT2D eigenvalue weighted by molar-refractivity contribution is 6.47. The van der Waals surface area contributed by atoms with Crippen LogP contribution in [0.4, 0.5) is 0 Å². The molecule has 7 nitrogen and oxygen atoms in total. The van der Waals surface area contributed by atoms with Gasteiger partial charge in [0.2, 0.25) is 5.91 Å². The third-order valence-corrected chi connectivity index (χ3v) is 4.20. The minimum atomic E-state index is -1.15. The van der Waals surface area contributed by atoms with Gasteiger partial charge in [-0.25, -0.2) is 0 Å². The molecule has 0 bridgehead atoms. The summed E-state index contributed by atoms with van der Waals surface area (Å²) in [6.45, 7) is 2.25. The van der Waals surface area contributed by atoms with Crippen LogP contribution in [0.25, 0.3) is 0 Å². The first-order chi connectivity index (χ1) is 9.38. The van der Waals surface area contributed by atoms with E-state index in [0.29, 0.717) is 12.9 Å². The first-order valence-corrected chi connectivity index (χ1v) is 6.95. The van der Waals surface area contributed by atoms with Gasteiger partial charge in [0.1, 0.15) is 5.54 Å². The Kier molecular flexibility index (Phi) is 4.36. The fraction of sp³-hybridized carbons (Fsp3) is 0.833. The maximum absolute atomic E-state index is 12.3. The Morgan fingerprint density at radius 2 is 2.35 bits per heavy atom. The molecule has 112 valence electrons. The molecule has 2 aliphatic heterocycles. The van der Waals surface area contributed by atoms with Gasteiger partial charge in [-0.15, -0.1) is 0 Å². The SMILES string of the molecule is COB1CCCC2CN(C(=O)[C@H](C)N)C[C@@]2(N)C(=O)O1. The Hall–Kier alpha value is -1.12. The molecule has 2 aliphatic rings. The second-order valence-corrected chi connectivity index (χ2v) is 5.75. The Labute approximate surface area is 119 Å². The van der Waals surface area contributed by atoms with E-state index in [1.165, 1.54) is 7.11 Å². The Morgan fingerprint density at radius 1 is 1.65 bits per heavy atom. The number of hydrogen-bond acceptors (Lipinski definition) is 6. The molecule has 0 saturated carbocycles. The Balaban J connectivity index is 2.16. The standard InChI is InChI=1S/C12H22BN3O4/c1-8(14)10(17)16-6-9-4-3-5-13(19-2)20-11(18)12(9,15)7-16/h8-9H,3-7,14-15H2,1-2H3/t8-,9?,12-/m0/s1. The molecule has 4 N–H and O–H groups in total. The highest BCUT2D eigenvalue weighted by Crippen LogP contribution is 2.33. The molecule has 0 aromatic heterocycles. The van der Waals surface area contributed by atoms with Crippen molar-refractivity contribution < 1.29 is 18.9 Å². The van der Waals surface area contributed by atoms with Gasteiger partial charge < -0.3 is 25.7 Å². The van der Waals surface area contributed by atoms with Crippen molar-refractivity contribution in [2.24, 2.45) is 17.4 Å². The molecule has 2 saturated heterocycles. The molecule has 2 heterocycles. The van der Waals surface area contributed by atoms with Gasteiger partial charge in [-0.2, -0.15) is 0 Å². The highest BCUT2D eigenvalue weighted by Gasteiger charge is 2.53. The number of fused-ring (bicyclic) bond motifs is 1. The van der Waals surface area contributed by atoms with E-state index in [-0.39, 0.29) is 18.4 Å². The molecule has 8 heteroatoms. The van der Waals surface area contributed by atoms with Gasteiger partial charge in [0, 0.05) is 26.1 Å². The van der Waals surface area contributed by atoms with Gasteiger partial charge in [-0.05, 0) is 19.7 Å². The van der Waals surface area contributed by atoms with Crippen molar-refractivity contribution in [3.63, 3.8) is 0 Å². The maximum atomic E-state index is 12.3. The van der Waals surface area contributed by atoms with E-state index in [0.717, 1.165) is 12.8 Å². The summed E-state index contributed by atoms with van der Waals surface area (Å²) in [5, 5.41) is 0. The van der Waals surface area contributed by atoms with Crippen LogP contribution in [0.1, 0.15) is 19.8 Å². The summed E-state index contributed by atoms with van der Waals surface area (Å²) >= 11 is 0. The monoisotopic (exact) mass is 283 g/mol. The van der Waals surface area contributed by atoms with Crippen molar-refractivity contribution in [2.45, 2.75) is 37.7 Å². The van der Waals surface area contributed by atoms with Crippen LogP contribution in [0, 0.1) is 5.92 Å². The molecular weight excluding hydrogens is 261 g/mol. The third-order valence-electron chi connectivity index (χ3n) is 4.20. The normalized spacial score (nSPS) is 32.2. The first-order valence-electron chi connectivity index (χ1n) is 6.95. The van der Waals surface area contributed by atoms with Gasteiger partial charge >= 0.3 is 13.1 Å². The zero-order chi connectivity index (χ0) is 14.9. The van der Waals surface area contributed by atoms with Crippen molar-refractivity contribution in [1.82, 2.24) is 4.90 Å². The van der Waals surface area contributed by atoms with E-state index < -0.39 is 24.7 Å². The lowest BCUT2D eigenvalue weighted by molar-refractivity contribution is -0.143. The second kappa shape index (κ2) is 5.71. The average molecular weight is 283 g/mol. The molecule has 0 aliphatic carbocycles. The first kappa shape index (κ1) is 15.3. The zero-order valence-electron chi connectivity index (χ0n) is 12.0. The third kappa shape index (κ3) is 2.68. The molecule has 0 aromatic rings. The lowest BCUT2D eigenvalue weighted by Gasteiger charge is -2.31. The quantitative estimate of drug-likeness (QED) is 0.627. The van der Waals surface area contributed by atoms with Crippen LogP contribution in [0.5, 0.6) is 0 Å². The van der Waals surface area contributed by atoms with Crippen molar-refractivity contribution in [2.75, 3.05) is 20.2 Å². The molecule has 1 amide bonds. The van der Waals surface area contributed by atoms with Gasteiger partial charge in [-0.1, -0.05) is 6.42 Å². The lowest BCUT2D eigenvalue weighted by atomic mass is 9.75. The van der Waals surface area contributed by atoms with Crippen LogP contribution in [-0.4, -0.2) is 55.7 Å². The van der Waals surface area contributed by atoms with E-state index in [9.17, 15) is 9.59 Å². The second-order valence-electron chi connectivity index (χ2n) is 5.75. The number of nitrogens with two attached hydrogens (primary N) is 2. The summed E-state index contributed by atoms with van der Waals surface area (Å²) in [7, 11) is 0.947. The summed E-state index contributed by atoms with van der Waals surface area (Å²) < 4.78 is 10.4. The van der Waals surface area contributed by atoms with E-state index in [4.69, 9.17) is 20.8 Å². The summed E-state index contributed by atoms with van der Waals surface area (Å²) in [5.41, 5.74) is 10.7. The van der Waals surface area contributed by atoms with Crippen LogP contribution in [0.2, 0.25) is 6.32 Å². The zero-order valence-corrected chi connectivity index (χ0v) is 12.0. The molecule has 0 aromatic carbocycles. The van der Waals surface area contributed by atoms with Crippen LogP contribution in [0.3, 0.4) is 0 Å². The van der Waals surface area contributed by atoms with Gasteiger partial charge in [-0.3, -0.25) is 9.59 Å². The number of carbonyl (C=O) groups is 2. The number of rotatable bonds is 2. The molecule has 0 radical (unpaired) electrons. The Bertz CT molecular complexity index is 406. The lowest BCUT2D eigenvalue weighted by Crippen LogP contribution is -2.58. The van der Waals surface area contributed by atoms with E-state index in [1.807, 2.05) is 0 Å². The minimum absolute atomic E-state index is 0.0875. The predicted octanol–water partition coefficient (Wildman–Crippen LogP) is -1.04. The summed E-state index contributed by atoms with van der Waals surface area (Å²) in [6, 6.07) is -0.592. The number of amides is 1. The fourth-order valence-corrected chi connectivity index (χ4v) is 2.96. The number of nitrogens with zero attached hydrogens (tertiary/aromatic N) is 1. The molecule has 3 atom stereocenters. The topological polar surface area (TPSA) is 108 Å². The van der Waals surface area contributed by atoms with Crippen LogP contribution in [0.15, 0.2) is 0 Å². The molecule has 0 spiro atoms. The fourth-order valence-electron chi connectivity index (χ4n) is 2.96. The van der Waals surface area contributed by atoms with Gasteiger partial charge in [0.25, 0.3) is 0 Å². The van der Waals surface area contributed by atoms with Crippen molar-refractivity contribution >= 4 is 19.0 Å². The number of likely N-dealkylation sites (tertiary alicyclic amines) is 1. The van der Waals surface area contributed by atoms with Crippen LogP contribution in [-0.2, 0) is 18.9 Å². The summed E-state index contributed by atoms with van der Waals surface area (Å²) in [4.78, 5) is 25.9. The minimum Gasteiger partial charge on any atom is -0.508 e. The van der Waals surface area contributed by atoms with Crippen molar-refractivity contribution in [1.29, 1.82) is 0 Å². The van der Waals surface area contributed by atoms with E-state index >= 15 is 0 Å². The molecular formula is C12H22BN3O4. The van der Waals surface area contributed by atoms with Crippen LogP contribution >= 0.6 is 0 Å². The smallest absolute Gasteiger partial charge is 0.508 e. The maximum Gasteiger partial charge on any atom is 0.527 e. The van der Waals surface area contributed by atoms with Gasteiger partial charge in [0.05, 0.1) is 6.04 Å². The molecule has 20 heavy (non-hydrogen) atoms. The van der Waals surface area contributed by atoms with Crippen molar-refractivity contribution in [3.05, 3.63) is 0 Å². The largest absolute Gasteiger partial charge is 0.527 e. The van der Waals surface area contributed by atoms with E-state index in [2.05, 4.69) is 0 Å². The average Bonchev–Trinajstić information content (AvgIpc) is 2.73. The number of hydrogen-bond donors (Lipinski definition) is 2. The molecule has 1 unspecified atom stereocenters. The van der Waals surface area contributed by atoms with Crippen molar-refractivity contribution in [3.8, 4) is 0 Å².